The number of carboxylic acid groups (broad SMARTS) is 1. The molecule has 2 N–H and O–H groups in total. The van der Waals surface area contributed by atoms with Crippen LogP contribution >= 0.6 is 0 Å². The smallest absolute Gasteiger partial charge is 0.305 e. The van der Waals surface area contributed by atoms with Gasteiger partial charge in [0.05, 0.1) is 12.5 Å². The second-order valence-corrected chi connectivity index (χ2v) is 9.21. The molecule has 0 saturated heterocycles. The highest BCUT2D eigenvalue weighted by Crippen LogP contribution is 2.29. The van der Waals surface area contributed by atoms with Crippen molar-refractivity contribution in [3.8, 4) is 11.1 Å². The maximum absolute atomic E-state index is 12.9. The molecule has 1 unspecified atom stereocenters. The van der Waals surface area contributed by atoms with Gasteiger partial charge in [-0.15, -0.1) is 0 Å². The molecule has 0 saturated carbocycles. The average molecular weight is 476 g/mol. The molecule has 0 fully saturated rings. The summed E-state index contributed by atoms with van der Waals surface area (Å²) in [5, 5.41) is 12.4. The van der Waals surface area contributed by atoms with Crippen molar-refractivity contribution in [2.45, 2.75) is 59.5 Å². The molecule has 7 heteroatoms. The van der Waals surface area contributed by atoms with Crippen LogP contribution in [0.3, 0.4) is 0 Å². The van der Waals surface area contributed by atoms with E-state index in [9.17, 15) is 19.5 Å². The van der Waals surface area contributed by atoms with E-state index >= 15 is 0 Å². The third-order valence-corrected chi connectivity index (χ3v) is 6.26. The van der Waals surface area contributed by atoms with Crippen molar-refractivity contribution in [3.63, 3.8) is 0 Å². The number of nitrogens with zero attached hydrogens (tertiary/aromatic N) is 2. The van der Waals surface area contributed by atoms with Crippen LogP contribution in [0, 0.1) is 26.7 Å². The monoisotopic (exact) mass is 475 g/mol. The maximum atomic E-state index is 12.9. The van der Waals surface area contributed by atoms with E-state index < -0.39 is 12.0 Å². The lowest BCUT2D eigenvalue weighted by molar-refractivity contribution is -0.138. The van der Waals surface area contributed by atoms with Crippen LogP contribution in [0.5, 0.6) is 0 Å². The summed E-state index contributed by atoms with van der Waals surface area (Å²) < 4.78 is 1.63. The Kier molecular flexibility index (Phi) is 8.58. The van der Waals surface area contributed by atoms with E-state index in [1.54, 1.807) is 29.2 Å². The van der Waals surface area contributed by atoms with Gasteiger partial charge in [0.25, 0.3) is 5.56 Å². The molecular weight excluding hydrogens is 442 g/mol. The predicted molar refractivity (Wildman–Crippen MR) is 136 cm³/mol. The number of aromatic nitrogens is 2. The van der Waals surface area contributed by atoms with Crippen LogP contribution in [0.2, 0.25) is 0 Å². The summed E-state index contributed by atoms with van der Waals surface area (Å²) in [6.45, 7) is 8.27. The minimum atomic E-state index is -1.00. The van der Waals surface area contributed by atoms with Gasteiger partial charge in [-0.3, -0.25) is 19.4 Å². The predicted octanol–water partition coefficient (Wildman–Crippen LogP) is 4.58. The van der Waals surface area contributed by atoms with E-state index in [0.717, 1.165) is 27.8 Å². The van der Waals surface area contributed by atoms with Gasteiger partial charge in [-0.1, -0.05) is 25.1 Å². The van der Waals surface area contributed by atoms with Gasteiger partial charge in [-0.25, -0.2) is 0 Å². The van der Waals surface area contributed by atoms with Gasteiger partial charge in [-0.2, -0.15) is 0 Å². The first kappa shape index (κ1) is 25.9. The van der Waals surface area contributed by atoms with E-state index in [2.05, 4.69) is 10.3 Å². The van der Waals surface area contributed by atoms with Crippen molar-refractivity contribution in [2.24, 2.45) is 5.92 Å². The second-order valence-electron chi connectivity index (χ2n) is 9.21. The molecule has 2 heterocycles. The minimum Gasteiger partial charge on any atom is -0.481 e. The largest absolute Gasteiger partial charge is 0.481 e. The van der Waals surface area contributed by atoms with Gasteiger partial charge in [0, 0.05) is 42.7 Å². The lowest BCUT2D eigenvalue weighted by Gasteiger charge is -2.21. The number of benzene rings is 1. The molecular formula is C28H33N3O4. The Balaban J connectivity index is 1.71. The van der Waals surface area contributed by atoms with Gasteiger partial charge >= 0.3 is 5.97 Å². The number of hydrogen-bond acceptors (Lipinski definition) is 4. The first-order chi connectivity index (χ1) is 16.7. The van der Waals surface area contributed by atoms with Crippen LogP contribution in [-0.4, -0.2) is 26.5 Å². The van der Waals surface area contributed by atoms with Crippen molar-refractivity contribution >= 4 is 11.9 Å². The Labute approximate surface area is 205 Å². The zero-order chi connectivity index (χ0) is 25.5. The molecule has 184 valence electrons. The summed E-state index contributed by atoms with van der Waals surface area (Å²) >= 11 is 0. The van der Waals surface area contributed by atoms with Crippen molar-refractivity contribution < 1.29 is 14.7 Å². The Morgan fingerprint density at radius 3 is 2.46 bits per heavy atom. The number of amides is 1. The quantitative estimate of drug-likeness (QED) is 0.447. The fourth-order valence-electron chi connectivity index (χ4n) is 4.29. The van der Waals surface area contributed by atoms with E-state index in [1.807, 2.05) is 58.0 Å². The first-order valence-corrected chi connectivity index (χ1v) is 11.9. The molecule has 0 aliphatic rings. The Hall–Kier alpha value is -3.74. The van der Waals surface area contributed by atoms with Crippen LogP contribution in [-0.2, 0) is 16.1 Å². The third kappa shape index (κ3) is 6.88. The fraction of sp³-hybridized carbons (Fsp3) is 0.357. The number of nitrogens with one attached hydrogen (secondary N) is 1. The molecule has 0 aliphatic heterocycles. The van der Waals surface area contributed by atoms with Crippen molar-refractivity contribution in [1.82, 2.24) is 14.9 Å². The van der Waals surface area contributed by atoms with Crippen molar-refractivity contribution in [1.29, 1.82) is 0 Å². The molecule has 3 aromatic rings. The molecule has 3 rings (SSSR count). The highest BCUT2D eigenvalue weighted by Gasteiger charge is 2.22. The number of hydrogen-bond donors (Lipinski definition) is 2. The van der Waals surface area contributed by atoms with Gasteiger partial charge < -0.3 is 15.0 Å². The molecule has 0 radical (unpaired) electrons. The van der Waals surface area contributed by atoms with Gasteiger partial charge in [-0.05, 0) is 73.6 Å². The van der Waals surface area contributed by atoms with Gasteiger partial charge in [0.2, 0.25) is 5.91 Å². The van der Waals surface area contributed by atoms with Gasteiger partial charge in [0.1, 0.15) is 0 Å². The number of carbonyl (C=O) groups is 2. The minimum absolute atomic E-state index is 0.0556. The lowest BCUT2D eigenvalue weighted by atomic mass is 9.94. The molecule has 2 aromatic heterocycles. The molecule has 7 nitrogen and oxygen atoms in total. The zero-order valence-corrected chi connectivity index (χ0v) is 20.7. The summed E-state index contributed by atoms with van der Waals surface area (Å²) in [6, 6.07) is 10.7. The summed E-state index contributed by atoms with van der Waals surface area (Å²) in [4.78, 5) is 40.9. The van der Waals surface area contributed by atoms with E-state index in [-0.39, 0.29) is 23.8 Å². The summed E-state index contributed by atoms with van der Waals surface area (Å²) in [6.07, 6.45) is 6.13. The number of carboxylic acids is 1. The van der Waals surface area contributed by atoms with E-state index in [4.69, 9.17) is 0 Å². The van der Waals surface area contributed by atoms with Gasteiger partial charge in [0.15, 0.2) is 0 Å². The third-order valence-electron chi connectivity index (χ3n) is 6.26. The van der Waals surface area contributed by atoms with Crippen LogP contribution in [0.15, 0.2) is 59.8 Å². The zero-order valence-electron chi connectivity index (χ0n) is 20.7. The number of aryl methyl sites for hydroxylation is 4. The Morgan fingerprint density at radius 1 is 1.09 bits per heavy atom. The van der Waals surface area contributed by atoms with E-state index in [0.29, 0.717) is 24.9 Å². The molecule has 2 atom stereocenters. The maximum Gasteiger partial charge on any atom is 0.305 e. The van der Waals surface area contributed by atoms with E-state index in [1.165, 1.54) is 0 Å². The molecule has 1 amide bonds. The SMILES string of the molecule is Cc1ccn(CCCC(C)C(=O)N[C@@H](CC(=O)O)c2cncc(-c3c(C)cccc3C)c2)c(=O)c1. The van der Waals surface area contributed by atoms with Crippen molar-refractivity contribution in [3.05, 3.63) is 87.6 Å². The van der Waals surface area contributed by atoms with Crippen LogP contribution in [0.25, 0.3) is 11.1 Å². The Bertz CT molecular complexity index is 1240. The number of rotatable bonds is 10. The first-order valence-electron chi connectivity index (χ1n) is 11.9. The highest BCUT2D eigenvalue weighted by atomic mass is 16.4. The fourth-order valence-corrected chi connectivity index (χ4v) is 4.29. The second kappa shape index (κ2) is 11.6. The molecule has 1 aromatic carbocycles. The topological polar surface area (TPSA) is 101 Å². The number of aliphatic carboxylic acids is 1. The Morgan fingerprint density at radius 2 is 1.80 bits per heavy atom. The van der Waals surface area contributed by atoms with Crippen molar-refractivity contribution in [2.75, 3.05) is 0 Å². The summed E-state index contributed by atoms with van der Waals surface area (Å²) in [5.41, 5.74) is 5.66. The normalized spacial score (nSPS) is 12.7. The molecule has 35 heavy (non-hydrogen) atoms. The highest BCUT2D eigenvalue weighted by molar-refractivity contribution is 5.80. The molecule has 0 spiro atoms. The summed E-state index contributed by atoms with van der Waals surface area (Å²) in [7, 11) is 0. The lowest BCUT2D eigenvalue weighted by Crippen LogP contribution is -2.34. The number of pyridine rings is 2. The molecule has 0 aliphatic carbocycles. The number of carbonyl (C=O) groups excluding carboxylic acids is 1. The van der Waals surface area contributed by atoms with Crippen LogP contribution in [0.1, 0.15) is 54.5 Å². The van der Waals surface area contributed by atoms with Crippen LogP contribution in [0.4, 0.5) is 0 Å². The molecule has 0 bridgehead atoms. The standard InChI is InChI=1S/C28H33N3O4/c1-18-10-12-31(25(32)13-18)11-6-9-21(4)28(35)30-24(15-26(33)34)22-14-23(17-29-16-22)27-19(2)7-5-8-20(27)3/h5,7-8,10,12-14,16-17,21,24H,6,9,11,15H2,1-4H3,(H,30,35)(H,33,34)/t21?,24-/m0/s1. The average Bonchev–Trinajstić information content (AvgIpc) is 2.79. The van der Waals surface area contributed by atoms with Crippen LogP contribution < -0.4 is 10.9 Å². The summed E-state index contributed by atoms with van der Waals surface area (Å²) in [5.74, 6) is -1.55.